The summed E-state index contributed by atoms with van der Waals surface area (Å²) >= 11 is 0. The van der Waals surface area contributed by atoms with Crippen LogP contribution in [-0.4, -0.2) is 40.1 Å². The number of amides is 2. The Bertz CT molecular complexity index is 1420. The summed E-state index contributed by atoms with van der Waals surface area (Å²) in [6, 6.07) is 21.5. The molecule has 0 saturated carbocycles. The minimum atomic E-state index is -4.59. The van der Waals surface area contributed by atoms with E-state index in [4.69, 9.17) is 4.74 Å². The average Bonchev–Trinajstić information content (AvgIpc) is 3.46. The fraction of sp³-hybridized carbons (Fsp3) is 0.179. The second kappa shape index (κ2) is 9.57. The van der Waals surface area contributed by atoms with Gasteiger partial charge in [0, 0.05) is 12.1 Å². The molecule has 0 aliphatic carbocycles. The molecule has 0 spiro atoms. The second-order valence-electron chi connectivity index (χ2n) is 8.63. The van der Waals surface area contributed by atoms with E-state index in [1.165, 1.54) is 16.7 Å². The molecule has 6 nitrogen and oxygen atoms in total. The van der Waals surface area contributed by atoms with Crippen LogP contribution in [0.5, 0.6) is 5.75 Å². The van der Waals surface area contributed by atoms with Crippen LogP contribution in [0.4, 0.5) is 13.2 Å². The number of aromatic nitrogens is 2. The number of hydrogen-bond acceptors (Lipinski definition) is 4. The van der Waals surface area contributed by atoms with Crippen LogP contribution in [0.15, 0.2) is 78.9 Å². The largest absolute Gasteiger partial charge is 0.497 e. The minimum absolute atomic E-state index is 0.285. The predicted molar refractivity (Wildman–Crippen MR) is 131 cm³/mol. The third-order valence-electron chi connectivity index (χ3n) is 6.29. The van der Waals surface area contributed by atoms with Crippen molar-refractivity contribution >= 4 is 11.8 Å². The Balaban J connectivity index is 1.32. The topological polar surface area (TPSA) is 64.4 Å². The number of carbonyl (C=O) groups is 2. The van der Waals surface area contributed by atoms with Gasteiger partial charge in [-0.05, 0) is 60.9 Å². The number of fused-ring (bicyclic) bond motifs is 1. The van der Waals surface area contributed by atoms with Crippen molar-refractivity contribution in [3.05, 3.63) is 101 Å². The van der Waals surface area contributed by atoms with Crippen molar-refractivity contribution < 1.29 is 27.5 Å². The molecule has 0 saturated heterocycles. The molecule has 9 heteroatoms. The van der Waals surface area contributed by atoms with Crippen molar-refractivity contribution in [2.75, 3.05) is 13.7 Å². The zero-order valence-corrected chi connectivity index (χ0v) is 19.8. The van der Waals surface area contributed by atoms with Gasteiger partial charge in [-0.15, -0.1) is 0 Å². The number of carbonyl (C=O) groups excluding carboxylic acids is 2. The van der Waals surface area contributed by atoms with Gasteiger partial charge in [-0.25, -0.2) is 4.68 Å². The number of benzene rings is 3. The number of halogens is 3. The minimum Gasteiger partial charge on any atom is -0.497 e. The SMILES string of the molecule is COc1ccc(-n2nc(C(F)(F)F)cc2-c2ccc(CCCN3C(=O)c4ccccc4C3=O)cc2)cc1. The van der Waals surface area contributed by atoms with Crippen LogP contribution >= 0.6 is 0 Å². The van der Waals surface area contributed by atoms with Gasteiger partial charge in [0.2, 0.25) is 0 Å². The van der Waals surface area contributed by atoms with Crippen molar-refractivity contribution in [2.45, 2.75) is 19.0 Å². The van der Waals surface area contributed by atoms with Crippen LogP contribution in [0.2, 0.25) is 0 Å². The van der Waals surface area contributed by atoms with Gasteiger partial charge in [0.05, 0.1) is 29.6 Å². The fourth-order valence-electron chi connectivity index (χ4n) is 4.37. The lowest BCUT2D eigenvalue weighted by molar-refractivity contribution is -0.141. The quantitative estimate of drug-likeness (QED) is 0.298. The summed E-state index contributed by atoms with van der Waals surface area (Å²) in [5.41, 5.74) is 2.14. The Labute approximate surface area is 210 Å². The van der Waals surface area contributed by atoms with Crippen molar-refractivity contribution in [1.29, 1.82) is 0 Å². The third-order valence-corrected chi connectivity index (χ3v) is 6.29. The monoisotopic (exact) mass is 505 g/mol. The molecule has 1 aliphatic heterocycles. The van der Waals surface area contributed by atoms with Gasteiger partial charge in [-0.1, -0.05) is 36.4 Å². The first-order valence-electron chi connectivity index (χ1n) is 11.6. The molecular formula is C28H22F3N3O3. The number of methoxy groups -OCH3 is 1. The summed E-state index contributed by atoms with van der Waals surface area (Å²) in [5, 5.41) is 3.81. The third kappa shape index (κ3) is 4.72. The van der Waals surface area contributed by atoms with Crippen molar-refractivity contribution in [2.24, 2.45) is 0 Å². The highest BCUT2D eigenvalue weighted by Gasteiger charge is 2.36. The van der Waals surface area contributed by atoms with E-state index in [2.05, 4.69) is 5.10 Å². The van der Waals surface area contributed by atoms with E-state index in [1.807, 2.05) is 12.1 Å². The Hall–Kier alpha value is -4.40. The highest BCUT2D eigenvalue weighted by molar-refractivity contribution is 6.21. The lowest BCUT2D eigenvalue weighted by atomic mass is 10.0. The highest BCUT2D eigenvalue weighted by Crippen LogP contribution is 2.33. The summed E-state index contributed by atoms with van der Waals surface area (Å²) in [4.78, 5) is 26.3. The maximum Gasteiger partial charge on any atom is 0.435 e. The van der Waals surface area contributed by atoms with Crippen LogP contribution in [-0.2, 0) is 12.6 Å². The van der Waals surface area contributed by atoms with Gasteiger partial charge in [-0.3, -0.25) is 14.5 Å². The molecule has 188 valence electrons. The molecule has 0 unspecified atom stereocenters. The standard InChI is InChI=1S/C28H22F3N3O3/c1-37-21-14-12-20(13-15-21)34-24(17-25(32-34)28(29,30)31)19-10-8-18(9-11-19)5-4-16-33-26(35)22-6-2-3-7-23(22)27(33)36/h2-3,6-15,17H,4-5,16H2,1H3. The van der Waals surface area contributed by atoms with Gasteiger partial charge in [-0.2, -0.15) is 18.3 Å². The molecular weight excluding hydrogens is 483 g/mol. The van der Waals surface area contributed by atoms with Gasteiger partial charge in [0.1, 0.15) is 5.75 Å². The predicted octanol–water partition coefficient (Wildman–Crippen LogP) is 5.80. The molecule has 5 rings (SSSR count). The smallest absolute Gasteiger partial charge is 0.435 e. The molecule has 3 aromatic carbocycles. The zero-order valence-electron chi connectivity index (χ0n) is 19.8. The highest BCUT2D eigenvalue weighted by atomic mass is 19.4. The number of aryl methyl sites for hydroxylation is 1. The Morgan fingerprint density at radius 3 is 2.05 bits per heavy atom. The van der Waals surface area contributed by atoms with Crippen LogP contribution < -0.4 is 4.74 Å². The number of rotatable bonds is 7. The van der Waals surface area contributed by atoms with Crippen molar-refractivity contribution in [3.8, 4) is 22.7 Å². The fourth-order valence-corrected chi connectivity index (χ4v) is 4.37. The number of nitrogens with zero attached hydrogens (tertiary/aromatic N) is 3. The summed E-state index contributed by atoms with van der Waals surface area (Å²) in [6.07, 6.45) is -3.43. The van der Waals surface area contributed by atoms with Gasteiger partial charge in [0.15, 0.2) is 5.69 Å². The Kier molecular flexibility index (Phi) is 6.29. The maximum atomic E-state index is 13.5. The summed E-state index contributed by atoms with van der Waals surface area (Å²) in [5.74, 6) is 0.00508. The van der Waals surface area contributed by atoms with E-state index < -0.39 is 11.9 Å². The van der Waals surface area contributed by atoms with Crippen LogP contribution in [0.3, 0.4) is 0 Å². The number of ether oxygens (including phenoxy) is 1. The molecule has 4 aromatic rings. The van der Waals surface area contributed by atoms with Crippen molar-refractivity contribution in [1.82, 2.24) is 14.7 Å². The summed E-state index contributed by atoms with van der Waals surface area (Å²) in [6.45, 7) is 0.285. The molecule has 0 N–H and O–H groups in total. The lowest BCUT2D eigenvalue weighted by Gasteiger charge is -2.13. The van der Waals surface area contributed by atoms with Crippen LogP contribution in [0.25, 0.3) is 16.9 Å². The van der Waals surface area contributed by atoms with E-state index in [9.17, 15) is 22.8 Å². The van der Waals surface area contributed by atoms with E-state index in [-0.39, 0.29) is 18.4 Å². The molecule has 1 aromatic heterocycles. The molecule has 0 fully saturated rings. The second-order valence-corrected chi connectivity index (χ2v) is 8.63. The number of imide groups is 1. The van der Waals surface area contributed by atoms with Crippen LogP contribution in [0.1, 0.15) is 38.4 Å². The number of alkyl halides is 3. The maximum absolute atomic E-state index is 13.5. The number of hydrogen-bond donors (Lipinski definition) is 0. The van der Waals surface area contributed by atoms with E-state index >= 15 is 0 Å². The normalized spacial score (nSPS) is 13.2. The van der Waals surface area contributed by atoms with Crippen LogP contribution in [0, 0.1) is 0 Å². The molecule has 0 bridgehead atoms. The molecule has 0 atom stereocenters. The van der Waals surface area contributed by atoms with Crippen molar-refractivity contribution in [3.63, 3.8) is 0 Å². The van der Waals surface area contributed by atoms with E-state index in [0.29, 0.717) is 46.7 Å². The molecule has 0 radical (unpaired) electrons. The lowest BCUT2D eigenvalue weighted by Crippen LogP contribution is -2.30. The summed E-state index contributed by atoms with van der Waals surface area (Å²) in [7, 11) is 1.51. The van der Waals surface area contributed by atoms with E-state index in [0.717, 1.165) is 11.6 Å². The average molecular weight is 505 g/mol. The zero-order chi connectivity index (χ0) is 26.2. The first-order chi connectivity index (χ1) is 17.8. The first kappa shape index (κ1) is 24.3. The van der Waals surface area contributed by atoms with Gasteiger partial charge < -0.3 is 4.74 Å². The molecule has 2 heterocycles. The first-order valence-corrected chi connectivity index (χ1v) is 11.6. The van der Waals surface area contributed by atoms with Gasteiger partial charge in [0.25, 0.3) is 11.8 Å². The Morgan fingerprint density at radius 2 is 1.49 bits per heavy atom. The summed E-state index contributed by atoms with van der Waals surface area (Å²) < 4.78 is 46.8. The van der Waals surface area contributed by atoms with Gasteiger partial charge >= 0.3 is 6.18 Å². The molecule has 1 aliphatic rings. The molecule has 37 heavy (non-hydrogen) atoms. The van der Waals surface area contributed by atoms with E-state index in [1.54, 1.807) is 60.7 Å². The Morgan fingerprint density at radius 1 is 0.865 bits per heavy atom. The molecule has 2 amide bonds.